The molecule has 1 aliphatic heterocycles. The third-order valence-corrected chi connectivity index (χ3v) is 17.0. The molecule has 454 valence electrons. The van der Waals surface area contributed by atoms with Crippen LogP contribution in [0.15, 0.2) is 60.0 Å². The molecule has 0 aliphatic carbocycles. The minimum absolute atomic E-state index is 0.126. The van der Waals surface area contributed by atoms with Gasteiger partial charge < -0.3 is 50.2 Å². The van der Waals surface area contributed by atoms with Gasteiger partial charge in [-0.1, -0.05) is 107 Å². The van der Waals surface area contributed by atoms with Crippen LogP contribution in [0.4, 0.5) is 10.5 Å². The lowest BCUT2D eigenvalue weighted by atomic mass is 9.94. The van der Waals surface area contributed by atoms with Gasteiger partial charge in [0.05, 0.1) is 19.5 Å². The average molecular weight is 1270 g/mol. The summed E-state index contributed by atoms with van der Waals surface area (Å²) in [6.45, 7) is 26.0. The normalized spacial score (nSPS) is 18.5. The third kappa shape index (κ3) is 21.5. The van der Waals surface area contributed by atoms with Crippen molar-refractivity contribution in [1.82, 2.24) is 31.2 Å². The Bertz CT molecular complexity index is 2640. The maximum absolute atomic E-state index is 14.9. The summed E-state index contributed by atoms with van der Waals surface area (Å²) in [5.41, 5.74) is 1.14. The van der Waals surface area contributed by atoms with E-state index in [1.54, 1.807) is 77.9 Å². The first-order chi connectivity index (χ1) is 38.2. The van der Waals surface area contributed by atoms with Gasteiger partial charge in [0.25, 0.3) is 11.8 Å². The second-order valence-corrected chi connectivity index (χ2v) is 27.3. The van der Waals surface area contributed by atoms with Crippen molar-refractivity contribution >= 4 is 87.2 Å². The molecule has 0 spiro atoms. The number of piperidine rings is 1. The van der Waals surface area contributed by atoms with Crippen LogP contribution in [-0.2, 0) is 55.9 Å². The summed E-state index contributed by atoms with van der Waals surface area (Å²) >= 11 is 3.41. The number of benzene rings is 2. The predicted molar refractivity (Wildman–Crippen MR) is 327 cm³/mol. The number of nitrogens with zero attached hydrogens (tertiary/aromatic N) is 3. The van der Waals surface area contributed by atoms with Crippen LogP contribution in [0, 0.1) is 17.8 Å². The Hall–Kier alpha value is -5.68. The number of thiazole rings is 1. The van der Waals surface area contributed by atoms with Crippen LogP contribution in [0.2, 0.25) is 0 Å². The van der Waals surface area contributed by atoms with Gasteiger partial charge in [0.15, 0.2) is 12.1 Å². The van der Waals surface area contributed by atoms with Crippen LogP contribution in [0.3, 0.4) is 0 Å². The van der Waals surface area contributed by atoms with Gasteiger partial charge in [-0.05, 0) is 110 Å². The van der Waals surface area contributed by atoms with Gasteiger partial charge in [0.2, 0.25) is 17.7 Å². The van der Waals surface area contributed by atoms with Crippen molar-refractivity contribution in [1.29, 1.82) is 0 Å². The lowest BCUT2D eigenvalue weighted by molar-refractivity contribution is -0.942. The number of likely N-dealkylation sites (N-methyl/N-ethyl adjacent to an activating group) is 2. The van der Waals surface area contributed by atoms with Crippen molar-refractivity contribution in [2.45, 2.75) is 206 Å². The molecule has 1 aromatic heterocycles. The molecule has 3 aromatic rings. The minimum atomic E-state index is -0.927. The Morgan fingerprint density at radius 1 is 0.780 bits per heavy atom. The van der Waals surface area contributed by atoms with E-state index >= 15 is 0 Å². The zero-order valence-electron chi connectivity index (χ0n) is 51.1. The van der Waals surface area contributed by atoms with Crippen molar-refractivity contribution in [2.75, 3.05) is 26.0 Å². The number of anilines is 1. The van der Waals surface area contributed by atoms with Gasteiger partial charge in [0, 0.05) is 59.5 Å². The Morgan fingerprint density at radius 2 is 1.41 bits per heavy atom. The lowest BCUT2D eigenvalue weighted by Crippen LogP contribution is -2.63. The van der Waals surface area contributed by atoms with Crippen molar-refractivity contribution in [2.24, 2.45) is 17.8 Å². The number of carbonyl (C=O) groups excluding carboxylic acids is 8. The lowest BCUT2D eigenvalue weighted by Gasteiger charge is -2.44. The summed E-state index contributed by atoms with van der Waals surface area (Å²) < 4.78 is 17.0. The highest BCUT2D eigenvalue weighted by molar-refractivity contribution is 14.1. The van der Waals surface area contributed by atoms with Crippen molar-refractivity contribution in [3.8, 4) is 0 Å². The molecule has 1 unspecified atom stereocenters. The molecule has 1 fully saturated rings. The molecule has 4 rings (SSSR count). The number of hydrogen-bond donors (Lipinski definition) is 5. The van der Waals surface area contributed by atoms with E-state index in [0.29, 0.717) is 47.4 Å². The van der Waals surface area contributed by atoms with E-state index in [9.17, 15) is 38.4 Å². The number of quaternary nitrogens is 1. The molecular formula is C61H92IN8O11S+. The molecule has 2 aromatic carbocycles. The van der Waals surface area contributed by atoms with E-state index in [0.717, 1.165) is 30.5 Å². The van der Waals surface area contributed by atoms with E-state index in [2.05, 4.69) is 56.2 Å². The molecule has 1 aliphatic rings. The summed E-state index contributed by atoms with van der Waals surface area (Å²) in [6.07, 6.45) is 2.27. The fraction of sp³-hybridized carbons (Fsp3) is 0.623. The highest BCUT2D eigenvalue weighted by atomic mass is 127. The van der Waals surface area contributed by atoms with Crippen LogP contribution in [-0.4, -0.2) is 134 Å². The standard InChI is InChI=1S/C61H91IN8O11S/c1-17-45(62)51(67-54(74)48-25-21-22-30-70(48,16)34-42-26-28-43(29-27-42)64-52(72)39(7)63-55(75)50(37(4)5)68-59(78)81-61(12,13)14)57(76)69(15)47(36(2)3)33-49(79-40(8)71)56-66-46(35-82-56)53(73)65-44(32-41-23-19-18-20-24-41)31-38(6)58(77)80-60(9,10)11/h18-20,23-24,26-29,35-39,44-45,47-51H,17,21-22,25,30-34H2,1-16H3,(H4-,63,64,65,67,68,72,73,74,75,78)/p+1/t38-,39-,44+,45-,47+,48+,49+,50-,51-,70?/m0/s1. The number of ether oxygens (including phenoxy) is 3. The molecule has 82 heavy (non-hydrogen) atoms. The van der Waals surface area contributed by atoms with Crippen molar-refractivity contribution in [3.63, 3.8) is 0 Å². The van der Waals surface area contributed by atoms with Crippen LogP contribution >= 0.6 is 33.9 Å². The number of amides is 6. The van der Waals surface area contributed by atoms with Gasteiger partial charge in [-0.2, -0.15) is 0 Å². The summed E-state index contributed by atoms with van der Waals surface area (Å²) in [6, 6.07) is 12.9. The molecule has 6 amide bonds. The fourth-order valence-electron chi connectivity index (χ4n) is 10.1. The van der Waals surface area contributed by atoms with Gasteiger partial charge in [-0.15, -0.1) is 11.3 Å². The van der Waals surface area contributed by atoms with E-state index in [-0.39, 0.29) is 45.7 Å². The fourth-order valence-corrected chi connectivity index (χ4v) is 11.4. The Labute approximate surface area is 504 Å². The number of hydrogen-bond acceptors (Lipinski definition) is 13. The van der Waals surface area contributed by atoms with Crippen LogP contribution in [0.1, 0.15) is 168 Å². The van der Waals surface area contributed by atoms with Crippen LogP contribution in [0.25, 0.3) is 0 Å². The first-order valence-electron chi connectivity index (χ1n) is 28.7. The number of aromatic nitrogens is 1. The van der Waals surface area contributed by atoms with Crippen LogP contribution in [0.5, 0.6) is 0 Å². The topological polar surface area (TPSA) is 241 Å². The number of esters is 2. The smallest absolute Gasteiger partial charge is 0.408 e. The Morgan fingerprint density at radius 3 is 1.99 bits per heavy atom. The number of nitrogens with one attached hydrogen (secondary N) is 5. The quantitative estimate of drug-likeness (QED) is 0.0166. The number of halogens is 1. The molecule has 21 heteroatoms. The number of rotatable bonds is 26. The molecule has 10 atom stereocenters. The maximum atomic E-state index is 14.9. The molecule has 0 bridgehead atoms. The summed E-state index contributed by atoms with van der Waals surface area (Å²) in [5, 5.41) is 16.5. The summed E-state index contributed by atoms with van der Waals surface area (Å²) in [5.74, 6) is -3.76. The van der Waals surface area contributed by atoms with E-state index < -0.39 is 89.3 Å². The average Bonchev–Trinajstić information content (AvgIpc) is 3.99. The SMILES string of the molecule is CC[C@H](I)[C@H](NC(=O)[C@H]1CCCC[N+]1(C)Cc1ccc(NC(=O)[C@H](C)NC(=O)[C@@H](NC(=O)OC(C)(C)C)C(C)C)cc1)C(=O)N(C)[C@H](C[C@@H](OC(C)=O)c1nc(C(=O)N[C@@H](Cc2ccccc2)C[C@H](C)C(=O)OC(C)(C)C)cs1)C(C)C. The molecule has 1 saturated heterocycles. The summed E-state index contributed by atoms with van der Waals surface area (Å²) in [4.78, 5) is 115. The Balaban J connectivity index is 1.46. The van der Waals surface area contributed by atoms with Gasteiger partial charge in [-0.25, -0.2) is 9.78 Å². The Kier molecular flexibility index (Phi) is 25.8. The van der Waals surface area contributed by atoms with E-state index in [1.807, 2.05) is 84.0 Å². The zero-order valence-corrected chi connectivity index (χ0v) is 54.1. The molecular weight excluding hydrogens is 1180 g/mol. The second-order valence-electron chi connectivity index (χ2n) is 24.8. The van der Waals surface area contributed by atoms with Crippen molar-refractivity contribution < 1.29 is 57.0 Å². The highest BCUT2D eigenvalue weighted by Gasteiger charge is 2.44. The van der Waals surface area contributed by atoms with Gasteiger partial charge in [-0.3, -0.25) is 33.6 Å². The highest BCUT2D eigenvalue weighted by Crippen LogP contribution is 2.33. The first-order valence-corrected chi connectivity index (χ1v) is 30.8. The third-order valence-electron chi connectivity index (χ3n) is 14.4. The minimum Gasteiger partial charge on any atom is -0.460 e. The number of alkyl carbamates (subject to hydrolysis) is 1. The monoisotopic (exact) mass is 1270 g/mol. The summed E-state index contributed by atoms with van der Waals surface area (Å²) in [7, 11) is 3.77. The molecule has 0 radical (unpaired) electrons. The molecule has 0 saturated carbocycles. The van der Waals surface area contributed by atoms with Gasteiger partial charge >= 0.3 is 18.0 Å². The predicted octanol–water partition coefficient (Wildman–Crippen LogP) is 9.22. The number of likely N-dealkylation sites (tertiary alicyclic amines) is 1. The zero-order chi connectivity index (χ0) is 61.4. The maximum Gasteiger partial charge on any atom is 0.408 e. The van der Waals surface area contributed by atoms with Crippen LogP contribution < -0.4 is 26.6 Å². The van der Waals surface area contributed by atoms with E-state index in [4.69, 9.17) is 19.2 Å². The first kappa shape index (κ1) is 68.8. The molecule has 19 nitrogen and oxygen atoms in total. The molecule has 2 heterocycles. The van der Waals surface area contributed by atoms with Crippen molar-refractivity contribution in [3.05, 3.63) is 81.8 Å². The number of carbonyl (C=O) groups is 8. The van der Waals surface area contributed by atoms with E-state index in [1.165, 1.54) is 18.3 Å². The number of alkyl halides is 1. The largest absolute Gasteiger partial charge is 0.460 e. The second kappa shape index (κ2) is 30.7. The van der Waals surface area contributed by atoms with Gasteiger partial charge in [0.1, 0.15) is 46.6 Å². The molecule has 5 N–H and O–H groups in total.